The van der Waals surface area contributed by atoms with Gasteiger partial charge in [-0.3, -0.25) is 0 Å². The summed E-state index contributed by atoms with van der Waals surface area (Å²) in [5.41, 5.74) is 5.16. The van der Waals surface area contributed by atoms with Crippen molar-refractivity contribution in [3.63, 3.8) is 0 Å². The van der Waals surface area contributed by atoms with E-state index in [2.05, 4.69) is 5.32 Å². The van der Waals surface area contributed by atoms with E-state index in [1.54, 1.807) is 6.07 Å². The first-order chi connectivity index (χ1) is 6.91. The maximum atomic E-state index is 12.4. The maximum Gasteiger partial charge on any atom is 0.316 e. The minimum Gasteiger partial charge on any atom is -0.351 e. The minimum absolute atomic E-state index is 0.359. The lowest BCUT2D eigenvalue weighted by Gasteiger charge is -1.99. The van der Waals surface area contributed by atoms with Crippen LogP contribution in [0.2, 0.25) is 0 Å². The van der Waals surface area contributed by atoms with Crippen molar-refractivity contribution in [2.45, 2.75) is 0 Å². The molecule has 0 spiro atoms. The fourth-order valence-corrected chi connectivity index (χ4v) is 0.708. The Morgan fingerprint density at radius 2 is 2.13 bits per heavy atom. The van der Waals surface area contributed by atoms with Gasteiger partial charge < -0.3 is 16.3 Å². The number of hydrogen-bond acceptors (Lipinski definition) is 3. The molecular weight excluding hydrogens is 209 g/mol. The molecule has 1 aromatic rings. The van der Waals surface area contributed by atoms with Crippen LogP contribution in [0.3, 0.4) is 0 Å². The zero-order chi connectivity index (χ0) is 11.8. The highest BCUT2D eigenvalue weighted by atomic mass is 19.1. The number of benzene rings is 1. The predicted octanol–water partition coefficient (Wildman–Crippen LogP) is 0.969. The van der Waals surface area contributed by atoms with E-state index in [1.807, 2.05) is 0 Å². The summed E-state index contributed by atoms with van der Waals surface area (Å²) in [7, 11) is 0. The molecule has 0 heterocycles. The van der Waals surface area contributed by atoms with Gasteiger partial charge in [-0.1, -0.05) is 6.07 Å². The van der Waals surface area contributed by atoms with Crippen LogP contribution in [0.5, 0.6) is 0 Å². The molecule has 0 bridgehead atoms. The van der Waals surface area contributed by atoms with Gasteiger partial charge in [0.05, 0.1) is 0 Å². The molecule has 0 aliphatic rings. The van der Waals surface area contributed by atoms with Gasteiger partial charge in [0.15, 0.2) is 0 Å². The number of anilines is 1. The van der Waals surface area contributed by atoms with Gasteiger partial charge in [0.1, 0.15) is 5.82 Å². The van der Waals surface area contributed by atoms with E-state index >= 15 is 0 Å². The number of nitrogens with one attached hydrogen (secondary N) is 1. The molecule has 0 atom stereocenters. The second-order valence-corrected chi connectivity index (χ2v) is 2.24. The lowest BCUT2D eigenvalue weighted by molar-refractivity contribution is -0.742. The third-order valence-corrected chi connectivity index (χ3v) is 1.09. The third-order valence-electron chi connectivity index (χ3n) is 1.09. The third kappa shape index (κ3) is 7.96. The lowest BCUT2D eigenvalue weighted by atomic mass is 10.3. The summed E-state index contributed by atoms with van der Waals surface area (Å²) in [6.45, 7) is 0. The summed E-state index contributed by atoms with van der Waals surface area (Å²) < 4.78 is 12.4. The van der Waals surface area contributed by atoms with Crippen LogP contribution in [0, 0.1) is 15.9 Å². The molecule has 7 nitrogen and oxygen atoms in total. The fourth-order valence-electron chi connectivity index (χ4n) is 0.708. The molecule has 2 amide bonds. The maximum absolute atomic E-state index is 12.4. The molecular formula is C7H8FN3O4. The van der Waals surface area contributed by atoms with E-state index in [-0.39, 0.29) is 0 Å². The molecule has 0 aliphatic heterocycles. The number of halogens is 1. The van der Waals surface area contributed by atoms with E-state index in [4.69, 9.17) is 21.1 Å². The number of carbonyl (C=O) groups is 1. The minimum atomic E-state index is -1.50. The topological polar surface area (TPSA) is 118 Å². The summed E-state index contributed by atoms with van der Waals surface area (Å²) >= 11 is 0. The fraction of sp³-hybridized carbons (Fsp3) is 0. The van der Waals surface area contributed by atoms with Crippen LogP contribution in [0.1, 0.15) is 0 Å². The zero-order valence-corrected chi connectivity index (χ0v) is 7.38. The van der Waals surface area contributed by atoms with Gasteiger partial charge in [-0.15, -0.1) is 10.1 Å². The summed E-state index contributed by atoms with van der Waals surface area (Å²) in [6, 6.07) is 4.81. The molecule has 8 heteroatoms. The monoisotopic (exact) mass is 217 g/mol. The second kappa shape index (κ2) is 6.13. The molecule has 82 valence electrons. The quantitative estimate of drug-likeness (QED) is 0.479. The van der Waals surface area contributed by atoms with Crippen molar-refractivity contribution in [3.8, 4) is 0 Å². The standard InChI is InChI=1S/C7H7FN2O.HNO3/c8-5-2-1-3-6(4-5)10-7(9)11;2-1(3)4/h1-4H,(H3,9,10,11);(H,2,3,4). The Kier molecular flexibility index (Phi) is 5.16. The molecule has 0 radical (unpaired) electrons. The van der Waals surface area contributed by atoms with E-state index in [0.29, 0.717) is 5.69 Å². The van der Waals surface area contributed by atoms with Gasteiger partial charge in [0, 0.05) is 5.69 Å². The molecule has 0 fully saturated rings. The number of nitrogens with two attached hydrogens (primary N) is 1. The average Bonchev–Trinajstić information content (AvgIpc) is 2.00. The Morgan fingerprint density at radius 1 is 1.60 bits per heavy atom. The van der Waals surface area contributed by atoms with Crippen LogP contribution < -0.4 is 11.1 Å². The van der Waals surface area contributed by atoms with Crippen molar-refractivity contribution >= 4 is 11.7 Å². The second-order valence-electron chi connectivity index (χ2n) is 2.24. The predicted molar refractivity (Wildman–Crippen MR) is 48.4 cm³/mol. The van der Waals surface area contributed by atoms with Crippen LogP contribution in [-0.2, 0) is 0 Å². The number of primary amides is 1. The molecule has 0 unspecified atom stereocenters. The van der Waals surface area contributed by atoms with Crippen molar-refractivity contribution in [1.29, 1.82) is 0 Å². The number of urea groups is 1. The van der Waals surface area contributed by atoms with Crippen LogP contribution in [0.25, 0.3) is 0 Å². The number of hydrogen-bond donors (Lipinski definition) is 3. The molecule has 0 aromatic heterocycles. The van der Waals surface area contributed by atoms with Gasteiger partial charge in [-0.2, -0.15) is 0 Å². The van der Waals surface area contributed by atoms with E-state index in [0.717, 1.165) is 0 Å². The number of carbonyl (C=O) groups excluding carboxylic acids is 1. The van der Waals surface area contributed by atoms with Gasteiger partial charge >= 0.3 is 6.03 Å². The lowest BCUT2D eigenvalue weighted by Crippen LogP contribution is -2.19. The Morgan fingerprint density at radius 3 is 2.53 bits per heavy atom. The highest BCUT2D eigenvalue weighted by Crippen LogP contribution is 2.07. The zero-order valence-electron chi connectivity index (χ0n) is 7.38. The normalized spacial score (nSPS) is 8.33. The Balaban J connectivity index is 0.000000423. The molecule has 15 heavy (non-hydrogen) atoms. The van der Waals surface area contributed by atoms with E-state index in [9.17, 15) is 9.18 Å². The number of rotatable bonds is 1. The largest absolute Gasteiger partial charge is 0.351 e. The van der Waals surface area contributed by atoms with E-state index in [1.165, 1.54) is 18.2 Å². The summed E-state index contributed by atoms with van der Waals surface area (Å²) in [6.07, 6.45) is 0. The first-order valence-corrected chi connectivity index (χ1v) is 3.57. The smallest absolute Gasteiger partial charge is 0.316 e. The summed E-state index contributed by atoms with van der Waals surface area (Å²) in [5.74, 6) is -0.406. The summed E-state index contributed by atoms with van der Waals surface area (Å²) in [5, 5.41) is 15.9. The van der Waals surface area contributed by atoms with Crippen LogP contribution in [-0.4, -0.2) is 16.3 Å². The first kappa shape index (κ1) is 12.6. The molecule has 4 N–H and O–H groups in total. The molecule has 0 saturated carbocycles. The van der Waals surface area contributed by atoms with Crippen LogP contribution in [0.4, 0.5) is 14.9 Å². The van der Waals surface area contributed by atoms with Crippen molar-refractivity contribution < 1.29 is 19.5 Å². The van der Waals surface area contributed by atoms with Gasteiger partial charge in [0.25, 0.3) is 5.09 Å². The van der Waals surface area contributed by atoms with Crippen molar-refractivity contribution in [2.24, 2.45) is 5.73 Å². The van der Waals surface area contributed by atoms with Crippen molar-refractivity contribution in [3.05, 3.63) is 40.2 Å². The number of nitrogens with zero attached hydrogens (tertiary/aromatic N) is 1. The molecule has 0 aliphatic carbocycles. The van der Waals surface area contributed by atoms with Gasteiger partial charge in [-0.25, -0.2) is 9.18 Å². The average molecular weight is 217 g/mol. The Labute approximate surface area is 83.4 Å². The van der Waals surface area contributed by atoms with Crippen molar-refractivity contribution in [1.82, 2.24) is 0 Å². The first-order valence-electron chi connectivity index (χ1n) is 3.57. The highest BCUT2D eigenvalue weighted by Gasteiger charge is 1.95. The molecule has 1 aromatic carbocycles. The van der Waals surface area contributed by atoms with Crippen molar-refractivity contribution in [2.75, 3.05) is 5.32 Å². The molecule has 0 saturated heterocycles. The van der Waals surface area contributed by atoms with Crippen LogP contribution in [0.15, 0.2) is 24.3 Å². The van der Waals surface area contributed by atoms with Crippen LogP contribution >= 0.6 is 0 Å². The van der Waals surface area contributed by atoms with Gasteiger partial charge in [-0.05, 0) is 18.2 Å². The van der Waals surface area contributed by atoms with E-state index < -0.39 is 16.9 Å². The number of amides is 2. The highest BCUT2D eigenvalue weighted by molar-refractivity contribution is 5.87. The SMILES string of the molecule is NC(=O)Nc1cccc(F)c1.O=[N+]([O-])O. The Hall–Kier alpha value is -2.38. The Bertz CT molecular complexity index is 354. The van der Waals surface area contributed by atoms with Gasteiger partial charge in [0.2, 0.25) is 0 Å². The molecule has 1 rings (SSSR count). The summed E-state index contributed by atoms with van der Waals surface area (Å²) in [4.78, 5) is 18.6.